The molecule has 2 heteroatoms. The third-order valence-electron chi connectivity index (χ3n) is 3.06. The van der Waals surface area contributed by atoms with Crippen LogP contribution in [0.2, 0.25) is 0 Å². The van der Waals surface area contributed by atoms with Gasteiger partial charge in [-0.05, 0) is 29.7 Å². The van der Waals surface area contributed by atoms with Gasteiger partial charge in [0.25, 0.3) is 0 Å². The molecule has 0 aliphatic heterocycles. The van der Waals surface area contributed by atoms with Gasteiger partial charge in [-0.2, -0.15) is 0 Å². The van der Waals surface area contributed by atoms with Gasteiger partial charge in [-0.25, -0.2) is 0 Å². The topological polar surface area (TPSA) is 20.3 Å². The van der Waals surface area contributed by atoms with E-state index in [1.807, 2.05) is 42.5 Å². The summed E-state index contributed by atoms with van der Waals surface area (Å²) in [6, 6.07) is 18.0. The van der Waals surface area contributed by atoms with Crippen molar-refractivity contribution < 1.29 is 4.79 Å². The smallest absolute Gasteiger partial charge is 0.214 e. The van der Waals surface area contributed by atoms with E-state index in [4.69, 9.17) is 0 Å². The number of hydrogen-bond acceptors (Lipinski definition) is 1. The van der Waals surface area contributed by atoms with Gasteiger partial charge < -0.3 is 4.90 Å². The lowest BCUT2D eigenvalue weighted by Crippen LogP contribution is -2.20. The van der Waals surface area contributed by atoms with Crippen molar-refractivity contribution in [1.82, 2.24) is 0 Å². The molecule has 18 heavy (non-hydrogen) atoms. The first-order valence-electron chi connectivity index (χ1n) is 6.19. The molecule has 0 atom stereocenters. The van der Waals surface area contributed by atoms with E-state index in [2.05, 4.69) is 19.1 Å². The van der Waals surface area contributed by atoms with Gasteiger partial charge in [-0.3, -0.25) is 4.79 Å². The molecular weight excluding hydrogens is 222 g/mol. The van der Waals surface area contributed by atoms with Crippen LogP contribution in [0.25, 0.3) is 0 Å². The summed E-state index contributed by atoms with van der Waals surface area (Å²) >= 11 is 0. The van der Waals surface area contributed by atoms with E-state index in [1.165, 1.54) is 11.1 Å². The summed E-state index contributed by atoms with van der Waals surface area (Å²) in [4.78, 5) is 13.0. The molecule has 2 rings (SSSR count). The molecule has 0 bridgehead atoms. The van der Waals surface area contributed by atoms with Gasteiger partial charge in [0.1, 0.15) is 0 Å². The van der Waals surface area contributed by atoms with Crippen LogP contribution >= 0.6 is 0 Å². The summed E-state index contributed by atoms with van der Waals surface area (Å²) in [5.41, 5.74) is 3.43. The first kappa shape index (κ1) is 12.4. The normalized spacial score (nSPS) is 10.1. The largest absolute Gasteiger partial charge is 0.311 e. The Kier molecular flexibility index (Phi) is 4.13. The summed E-state index contributed by atoms with van der Waals surface area (Å²) in [5, 5.41) is 0. The van der Waals surface area contributed by atoms with E-state index in [-0.39, 0.29) is 0 Å². The molecule has 0 spiro atoms. The van der Waals surface area contributed by atoms with E-state index < -0.39 is 0 Å². The molecule has 0 N–H and O–H groups in total. The second kappa shape index (κ2) is 6.01. The van der Waals surface area contributed by atoms with E-state index in [1.54, 1.807) is 4.90 Å². The zero-order chi connectivity index (χ0) is 12.8. The Morgan fingerprint density at radius 2 is 1.56 bits per heavy atom. The molecule has 0 saturated carbocycles. The molecule has 0 fully saturated rings. The second-order valence-electron chi connectivity index (χ2n) is 4.19. The lowest BCUT2D eigenvalue weighted by Gasteiger charge is -2.19. The third-order valence-corrected chi connectivity index (χ3v) is 3.06. The predicted molar refractivity (Wildman–Crippen MR) is 74.5 cm³/mol. The van der Waals surface area contributed by atoms with Gasteiger partial charge in [0.05, 0.1) is 6.54 Å². The first-order chi connectivity index (χ1) is 8.85. The van der Waals surface area contributed by atoms with Crippen LogP contribution in [0.15, 0.2) is 54.6 Å². The zero-order valence-corrected chi connectivity index (χ0v) is 10.5. The molecule has 2 aromatic carbocycles. The lowest BCUT2D eigenvalue weighted by atomic mass is 10.0. The molecule has 0 aromatic heterocycles. The number of carbonyl (C=O) groups is 1. The number of anilines is 1. The number of carbonyl (C=O) groups excluding carboxylic acids is 1. The van der Waals surface area contributed by atoms with Crippen LogP contribution in [0.3, 0.4) is 0 Å². The van der Waals surface area contributed by atoms with Gasteiger partial charge in [-0.15, -0.1) is 0 Å². The minimum atomic E-state index is 0.623. The minimum Gasteiger partial charge on any atom is -0.311 e. The molecule has 0 radical (unpaired) electrons. The molecule has 0 aliphatic carbocycles. The van der Waals surface area contributed by atoms with E-state index in [0.29, 0.717) is 6.54 Å². The highest BCUT2D eigenvalue weighted by atomic mass is 16.1. The van der Waals surface area contributed by atoms with E-state index >= 15 is 0 Å². The average Bonchev–Trinajstić information content (AvgIpc) is 2.46. The molecule has 2 nitrogen and oxygen atoms in total. The van der Waals surface area contributed by atoms with Crippen molar-refractivity contribution in [3.63, 3.8) is 0 Å². The van der Waals surface area contributed by atoms with Gasteiger partial charge >= 0.3 is 0 Å². The average molecular weight is 239 g/mol. The van der Waals surface area contributed by atoms with Crippen molar-refractivity contribution in [3.8, 4) is 0 Å². The molecule has 0 saturated heterocycles. The Morgan fingerprint density at radius 3 is 2.17 bits per heavy atom. The van der Waals surface area contributed by atoms with Crippen LogP contribution in [0.5, 0.6) is 0 Å². The number of amides is 1. The number of benzene rings is 2. The molecule has 92 valence electrons. The number of rotatable bonds is 5. The highest BCUT2D eigenvalue weighted by Crippen LogP contribution is 2.17. The van der Waals surface area contributed by atoms with Crippen LogP contribution in [0, 0.1) is 0 Å². The van der Waals surface area contributed by atoms with Crippen molar-refractivity contribution in [2.75, 3.05) is 4.90 Å². The van der Waals surface area contributed by atoms with Crippen molar-refractivity contribution in [2.45, 2.75) is 19.9 Å². The number of aryl methyl sites for hydroxylation is 1. The monoisotopic (exact) mass is 239 g/mol. The molecule has 0 aliphatic rings. The van der Waals surface area contributed by atoms with Crippen molar-refractivity contribution in [1.29, 1.82) is 0 Å². The van der Waals surface area contributed by atoms with Crippen LogP contribution in [-0.2, 0) is 17.8 Å². The summed E-state index contributed by atoms with van der Waals surface area (Å²) < 4.78 is 0. The first-order valence-corrected chi connectivity index (χ1v) is 6.19. The van der Waals surface area contributed by atoms with Gasteiger partial charge in [0, 0.05) is 5.69 Å². The third kappa shape index (κ3) is 2.77. The molecule has 0 heterocycles. The minimum absolute atomic E-state index is 0.623. The Labute approximate surface area is 108 Å². The fourth-order valence-electron chi connectivity index (χ4n) is 2.05. The zero-order valence-electron chi connectivity index (χ0n) is 10.5. The molecule has 1 amide bonds. The Bertz CT molecular complexity index is 508. The quantitative estimate of drug-likeness (QED) is 0.732. The lowest BCUT2D eigenvalue weighted by molar-refractivity contribution is -0.107. The number of nitrogens with zero attached hydrogens (tertiary/aromatic N) is 1. The number of hydrogen-bond donors (Lipinski definition) is 0. The Morgan fingerprint density at radius 1 is 0.944 bits per heavy atom. The fourth-order valence-corrected chi connectivity index (χ4v) is 2.05. The highest BCUT2D eigenvalue weighted by Gasteiger charge is 2.07. The van der Waals surface area contributed by atoms with E-state index in [0.717, 1.165) is 18.5 Å². The second-order valence-corrected chi connectivity index (χ2v) is 4.19. The molecular formula is C16H17NO. The van der Waals surface area contributed by atoms with Crippen LogP contribution in [0.1, 0.15) is 18.1 Å². The maximum Gasteiger partial charge on any atom is 0.214 e. The highest BCUT2D eigenvalue weighted by molar-refractivity contribution is 5.75. The Hall–Kier alpha value is -2.09. The van der Waals surface area contributed by atoms with Gasteiger partial charge in [0.2, 0.25) is 6.41 Å². The summed E-state index contributed by atoms with van der Waals surface area (Å²) in [5.74, 6) is 0. The van der Waals surface area contributed by atoms with Crippen LogP contribution < -0.4 is 4.90 Å². The number of para-hydroxylation sites is 1. The maximum absolute atomic E-state index is 11.2. The standard InChI is InChI=1S/C16H17NO/c1-2-14-8-6-7-9-15(14)12-17(13-18)16-10-4-3-5-11-16/h3-11,13H,2,12H2,1H3. The van der Waals surface area contributed by atoms with E-state index in [9.17, 15) is 4.79 Å². The Balaban J connectivity index is 2.23. The van der Waals surface area contributed by atoms with Crippen LogP contribution in [-0.4, -0.2) is 6.41 Å². The van der Waals surface area contributed by atoms with Gasteiger partial charge in [-0.1, -0.05) is 49.4 Å². The maximum atomic E-state index is 11.2. The molecule has 2 aromatic rings. The van der Waals surface area contributed by atoms with Crippen molar-refractivity contribution >= 4 is 12.1 Å². The summed E-state index contributed by atoms with van der Waals surface area (Å²) in [6.07, 6.45) is 1.87. The summed E-state index contributed by atoms with van der Waals surface area (Å²) in [7, 11) is 0. The SMILES string of the molecule is CCc1ccccc1CN(C=O)c1ccccc1. The van der Waals surface area contributed by atoms with Crippen molar-refractivity contribution in [3.05, 3.63) is 65.7 Å². The van der Waals surface area contributed by atoms with Crippen LogP contribution in [0.4, 0.5) is 5.69 Å². The van der Waals surface area contributed by atoms with Gasteiger partial charge in [0.15, 0.2) is 0 Å². The molecule has 0 unspecified atom stereocenters. The fraction of sp³-hybridized carbons (Fsp3) is 0.188. The predicted octanol–water partition coefficient (Wildman–Crippen LogP) is 3.41. The van der Waals surface area contributed by atoms with Crippen molar-refractivity contribution in [2.24, 2.45) is 0 Å². The summed E-state index contributed by atoms with van der Waals surface area (Å²) in [6.45, 7) is 2.75.